The molecule has 28 heavy (non-hydrogen) atoms. The maximum absolute atomic E-state index is 12.9. The topological polar surface area (TPSA) is 85.1 Å². The molecule has 0 unspecified atom stereocenters. The smallest absolute Gasteiger partial charge is 0.242 e. The number of nitrogens with zero attached hydrogens (tertiary/aromatic N) is 2. The Hall–Kier alpha value is -2.58. The lowest BCUT2D eigenvalue weighted by atomic mass is 9.87. The second kappa shape index (κ2) is 7.81. The van der Waals surface area contributed by atoms with Gasteiger partial charge in [0.05, 0.1) is 12.3 Å². The predicted molar refractivity (Wildman–Crippen MR) is 104 cm³/mol. The Labute approximate surface area is 163 Å². The summed E-state index contributed by atoms with van der Waals surface area (Å²) >= 11 is 0. The van der Waals surface area contributed by atoms with Crippen LogP contribution in [0.3, 0.4) is 0 Å². The van der Waals surface area contributed by atoms with E-state index in [0.717, 1.165) is 5.56 Å². The van der Waals surface area contributed by atoms with E-state index in [2.05, 4.69) is 35.6 Å². The van der Waals surface area contributed by atoms with E-state index in [1.807, 2.05) is 24.3 Å². The van der Waals surface area contributed by atoms with Crippen LogP contribution in [0.15, 0.2) is 53.1 Å². The minimum atomic E-state index is -3.62. The third-order valence-electron chi connectivity index (χ3n) is 4.19. The van der Waals surface area contributed by atoms with Crippen LogP contribution in [0.25, 0.3) is 11.4 Å². The van der Waals surface area contributed by atoms with E-state index in [1.54, 1.807) is 0 Å². The Morgan fingerprint density at radius 2 is 1.68 bits per heavy atom. The molecule has 148 valence electrons. The van der Waals surface area contributed by atoms with Crippen molar-refractivity contribution < 1.29 is 17.3 Å². The molecule has 0 saturated carbocycles. The fraction of sp³-hybridized carbons (Fsp3) is 0.300. The Balaban J connectivity index is 1.63. The maximum Gasteiger partial charge on any atom is 0.242 e. The zero-order valence-electron chi connectivity index (χ0n) is 15.9. The van der Waals surface area contributed by atoms with Gasteiger partial charge >= 0.3 is 0 Å². The molecule has 1 heterocycles. The molecule has 0 radical (unpaired) electrons. The summed E-state index contributed by atoms with van der Waals surface area (Å²) in [6, 6.07) is 13.1. The van der Waals surface area contributed by atoms with Crippen LogP contribution in [-0.4, -0.2) is 18.6 Å². The molecule has 1 N–H and O–H groups in total. The van der Waals surface area contributed by atoms with E-state index in [9.17, 15) is 12.8 Å². The van der Waals surface area contributed by atoms with Crippen molar-refractivity contribution in [1.82, 2.24) is 14.9 Å². The summed E-state index contributed by atoms with van der Waals surface area (Å²) in [6.45, 7) is 6.28. The van der Waals surface area contributed by atoms with Gasteiger partial charge in [-0.3, -0.25) is 0 Å². The SMILES string of the molecule is CC(C)(C)c1ccc(-c2noc(CNS(=O)(=O)Cc3ccc(F)cc3)n2)cc1. The van der Waals surface area contributed by atoms with E-state index in [0.29, 0.717) is 11.4 Å². The Morgan fingerprint density at radius 3 is 2.29 bits per heavy atom. The van der Waals surface area contributed by atoms with Crippen LogP contribution < -0.4 is 4.72 Å². The highest BCUT2D eigenvalue weighted by Gasteiger charge is 2.16. The van der Waals surface area contributed by atoms with Crippen molar-refractivity contribution >= 4 is 10.0 Å². The first-order valence-electron chi connectivity index (χ1n) is 8.78. The molecule has 0 saturated heterocycles. The van der Waals surface area contributed by atoms with Crippen molar-refractivity contribution in [3.63, 3.8) is 0 Å². The van der Waals surface area contributed by atoms with Crippen molar-refractivity contribution in [3.8, 4) is 11.4 Å². The predicted octanol–water partition coefficient (Wildman–Crippen LogP) is 3.79. The normalized spacial score (nSPS) is 12.3. The van der Waals surface area contributed by atoms with E-state index < -0.39 is 15.8 Å². The number of sulfonamides is 1. The van der Waals surface area contributed by atoms with Gasteiger partial charge in [0.2, 0.25) is 21.7 Å². The van der Waals surface area contributed by atoms with Gasteiger partial charge in [-0.1, -0.05) is 62.3 Å². The molecular formula is C20H22FN3O3S. The average Bonchev–Trinajstić information content (AvgIpc) is 3.10. The summed E-state index contributed by atoms with van der Waals surface area (Å²) in [6.07, 6.45) is 0. The number of rotatable bonds is 6. The number of aromatic nitrogens is 2. The fourth-order valence-electron chi connectivity index (χ4n) is 2.59. The maximum atomic E-state index is 12.9. The van der Waals surface area contributed by atoms with Crippen LogP contribution in [0.4, 0.5) is 4.39 Å². The van der Waals surface area contributed by atoms with Crippen LogP contribution >= 0.6 is 0 Å². The third-order valence-corrected chi connectivity index (χ3v) is 5.49. The first-order valence-corrected chi connectivity index (χ1v) is 10.4. The first-order chi connectivity index (χ1) is 13.1. The lowest BCUT2D eigenvalue weighted by molar-refractivity contribution is 0.376. The number of nitrogens with one attached hydrogen (secondary N) is 1. The largest absolute Gasteiger partial charge is 0.338 e. The molecule has 2 aromatic carbocycles. The van der Waals surface area contributed by atoms with Gasteiger partial charge in [-0.05, 0) is 28.7 Å². The summed E-state index contributed by atoms with van der Waals surface area (Å²) < 4.78 is 44.8. The zero-order chi connectivity index (χ0) is 20.4. The molecule has 0 spiro atoms. The zero-order valence-corrected chi connectivity index (χ0v) is 16.8. The summed E-state index contributed by atoms with van der Waals surface area (Å²) in [5.41, 5.74) is 2.51. The molecule has 0 aliphatic heterocycles. The first kappa shape index (κ1) is 20.2. The molecule has 0 bridgehead atoms. The van der Waals surface area contributed by atoms with Crippen molar-refractivity contribution in [2.45, 2.75) is 38.5 Å². The molecule has 0 atom stereocenters. The standard InChI is InChI=1S/C20H22FN3O3S/c1-20(2,3)16-8-6-15(7-9-16)19-23-18(27-24-19)12-22-28(25,26)13-14-4-10-17(21)11-5-14/h4-11,22H,12-13H2,1-3H3. The quantitative estimate of drug-likeness (QED) is 0.677. The fourth-order valence-corrected chi connectivity index (χ4v) is 3.66. The summed E-state index contributed by atoms with van der Waals surface area (Å²) in [4.78, 5) is 4.24. The molecule has 0 fully saturated rings. The second-order valence-electron chi connectivity index (χ2n) is 7.55. The van der Waals surface area contributed by atoms with Gasteiger partial charge in [0.25, 0.3) is 0 Å². The van der Waals surface area contributed by atoms with Crippen LogP contribution in [0, 0.1) is 5.82 Å². The molecule has 3 aromatic rings. The van der Waals surface area contributed by atoms with Crippen molar-refractivity contribution in [1.29, 1.82) is 0 Å². The summed E-state index contributed by atoms with van der Waals surface area (Å²) in [5, 5.41) is 3.91. The van der Waals surface area contributed by atoms with E-state index in [4.69, 9.17) is 4.52 Å². The average molecular weight is 403 g/mol. The lowest BCUT2D eigenvalue weighted by Gasteiger charge is -2.18. The van der Waals surface area contributed by atoms with E-state index >= 15 is 0 Å². The minimum absolute atomic E-state index is 0.0454. The van der Waals surface area contributed by atoms with Gasteiger partial charge in [-0.25, -0.2) is 17.5 Å². The molecule has 0 amide bonds. The highest BCUT2D eigenvalue weighted by Crippen LogP contribution is 2.25. The van der Waals surface area contributed by atoms with Crippen LogP contribution in [0.1, 0.15) is 37.8 Å². The Bertz CT molecular complexity index is 1040. The number of hydrogen-bond donors (Lipinski definition) is 1. The highest BCUT2D eigenvalue weighted by molar-refractivity contribution is 7.88. The van der Waals surface area contributed by atoms with Crippen LogP contribution in [0.2, 0.25) is 0 Å². The van der Waals surface area contributed by atoms with Gasteiger partial charge in [0, 0.05) is 5.56 Å². The Kier molecular flexibility index (Phi) is 5.62. The minimum Gasteiger partial charge on any atom is -0.338 e. The number of hydrogen-bond acceptors (Lipinski definition) is 5. The molecule has 8 heteroatoms. The molecule has 0 aliphatic carbocycles. The molecule has 0 aliphatic rings. The molecule has 1 aromatic heterocycles. The molecule has 6 nitrogen and oxygen atoms in total. The molecule has 3 rings (SSSR count). The van der Waals surface area contributed by atoms with Crippen molar-refractivity contribution in [2.24, 2.45) is 0 Å². The van der Waals surface area contributed by atoms with Crippen LogP contribution in [0.5, 0.6) is 0 Å². The summed E-state index contributed by atoms with van der Waals surface area (Å²) in [5.74, 6) is -0.114. The number of benzene rings is 2. The van der Waals surface area contributed by atoms with Gasteiger partial charge in [0.15, 0.2) is 0 Å². The van der Waals surface area contributed by atoms with E-state index in [1.165, 1.54) is 29.8 Å². The monoisotopic (exact) mass is 403 g/mol. The lowest BCUT2D eigenvalue weighted by Crippen LogP contribution is -2.24. The second-order valence-corrected chi connectivity index (χ2v) is 9.35. The van der Waals surface area contributed by atoms with Crippen LogP contribution in [-0.2, 0) is 27.7 Å². The highest BCUT2D eigenvalue weighted by atomic mass is 32.2. The van der Waals surface area contributed by atoms with E-state index in [-0.39, 0.29) is 23.6 Å². The van der Waals surface area contributed by atoms with Crippen molar-refractivity contribution in [3.05, 3.63) is 71.4 Å². The van der Waals surface area contributed by atoms with Gasteiger partial charge in [-0.2, -0.15) is 4.98 Å². The Morgan fingerprint density at radius 1 is 1.04 bits per heavy atom. The van der Waals surface area contributed by atoms with Gasteiger partial charge in [0.1, 0.15) is 5.82 Å². The van der Waals surface area contributed by atoms with Crippen molar-refractivity contribution in [2.75, 3.05) is 0 Å². The number of halogens is 1. The van der Waals surface area contributed by atoms with Gasteiger partial charge in [-0.15, -0.1) is 0 Å². The summed E-state index contributed by atoms with van der Waals surface area (Å²) in [7, 11) is -3.62. The molecular weight excluding hydrogens is 381 g/mol. The van der Waals surface area contributed by atoms with Gasteiger partial charge < -0.3 is 4.52 Å². The third kappa shape index (κ3) is 5.24.